The molecule has 1 unspecified atom stereocenters. The SMILES string of the molecule is CC(=O)N1CCC(C(=O)N2CCC3(CC2)CN(c2ccc(C#N)c(C(F)(F)F)c2)CC3CO)CC1. The Balaban J connectivity index is 1.43. The Morgan fingerprint density at radius 2 is 1.80 bits per heavy atom. The molecule has 0 saturated carbocycles. The number of benzene rings is 1. The zero-order chi connectivity index (χ0) is 25.4. The molecule has 1 aromatic carbocycles. The van der Waals surface area contributed by atoms with Crippen LogP contribution in [0.1, 0.15) is 43.7 Å². The fraction of sp³-hybridized carbons (Fsp3) is 0.640. The molecule has 1 atom stereocenters. The molecule has 3 aliphatic rings. The van der Waals surface area contributed by atoms with Gasteiger partial charge >= 0.3 is 6.18 Å². The second kappa shape index (κ2) is 9.69. The lowest BCUT2D eigenvalue weighted by Crippen LogP contribution is -2.50. The van der Waals surface area contributed by atoms with E-state index < -0.39 is 17.3 Å². The Labute approximate surface area is 203 Å². The van der Waals surface area contributed by atoms with E-state index in [-0.39, 0.29) is 35.7 Å². The Bertz CT molecular complexity index is 1010. The van der Waals surface area contributed by atoms with Crippen molar-refractivity contribution in [1.82, 2.24) is 9.80 Å². The van der Waals surface area contributed by atoms with E-state index in [4.69, 9.17) is 5.26 Å². The molecule has 10 heteroatoms. The number of nitrogens with zero attached hydrogens (tertiary/aromatic N) is 4. The number of halogens is 3. The van der Waals surface area contributed by atoms with Gasteiger partial charge in [0.1, 0.15) is 0 Å². The summed E-state index contributed by atoms with van der Waals surface area (Å²) in [4.78, 5) is 30.1. The van der Waals surface area contributed by atoms with Crippen molar-refractivity contribution in [3.8, 4) is 6.07 Å². The Kier molecular flexibility index (Phi) is 7.00. The molecule has 3 fully saturated rings. The first-order chi connectivity index (χ1) is 16.6. The van der Waals surface area contributed by atoms with Gasteiger partial charge < -0.3 is 19.8 Å². The number of nitriles is 1. The fourth-order valence-electron chi connectivity index (χ4n) is 5.98. The summed E-state index contributed by atoms with van der Waals surface area (Å²) in [5.41, 5.74) is -1.25. The largest absolute Gasteiger partial charge is 0.417 e. The molecule has 0 aliphatic carbocycles. The number of amides is 2. The lowest BCUT2D eigenvalue weighted by Gasteiger charge is -2.43. The highest BCUT2D eigenvalue weighted by molar-refractivity contribution is 5.80. The van der Waals surface area contributed by atoms with Crippen molar-refractivity contribution in [3.63, 3.8) is 0 Å². The van der Waals surface area contributed by atoms with E-state index in [1.54, 1.807) is 11.0 Å². The maximum atomic E-state index is 13.5. The minimum absolute atomic E-state index is 0.0289. The quantitative estimate of drug-likeness (QED) is 0.701. The Hall–Kier alpha value is -2.80. The summed E-state index contributed by atoms with van der Waals surface area (Å²) >= 11 is 0. The van der Waals surface area contributed by atoms with E-state index in [1.807, 2.05) is 9.80 Å². The summed E-state index contributed by atoms with van der Waals surface area (Å²) in [5.74, 6) is -0.0574. The van der Waals surface area contributed by atoms with Crippen LogP contribution in [0.15, 0.2) is 18.2 Å². The van der Waals surface area contributed by atoms with Crippen LogP contribution < -0.4 is 4.90 Å². The number of hydrogen-bond donors (Lipinski definition) is 1. The van der Waals surface area contributed by atoms with Gasteiger partial charge in [-0.25, -0.2) is 0 Å². The Morgan fingerprint density at radius 3 is 2.34 bits per heavy atom. The van der Waals surface area contributed by atoms with Crippen molar-refractivity contribution in [3.05, 3.63) is 29.3 Å². The molecule has 1 aromatic rings. The van der Waals surface area contributed by atoms with Crippen molar-refractivity contribution in [1.29, 1.82) is 5.26 Å². The minimum atomic E-state index is -4.62. The van der Waals surface area contributed by atoms with E-state index in [0.29, 0.717) is 70.6 Å². The number of hydrogen-bond acceptors (Lipinski definition) is 5. The molecule has 0 aromatic heterocycles. The highest BCUT2D eigenvalue weighted by Crippen LogP contribution is 2.47. The number of piperidine rings is 2. The van der Waals surface area contributed by atoms with Crippen LogP contribution in [0.5, 0.6) is 0 Å². The smallest absolute Gasteiger partial charge is 0.396 e. The molecular formula is C25H31F3N4O3. The monoisotopic (exact) mass is 492 g/mol. The van der Waals surface area contributed by atoms with Crippen LogP contribution >= 0.6 is 0 Å². The number of aliphatic hydroxyl groups is 1. The first-order valence-electron chi connectivity index (χ1n) is 12.1. The van der Waals surface area contributed by atoms with Gasteiger partial charge in [-0.15, -0.1) is 0 Å². The standard InChI is InChI=1S/C25H31F3N4O3/c1-17(34)30-8-4-18(5-9-30)23(35)31-10-6-24(7-11-31)16-32(14-20(24)15-33)21-3-2-19(13-29)22(12-21)25(26,27)28/h2-3,12,18,20,33H,4-11,14-16H2,1H3. The average Bonchev–Trinajstić information content (AvgIpc) is 3.21. The van der Waals surface area contributed by atoms with Crippen LogP contribution in [0, 0.1) is 28.6 Å². The lowest BCUT2D eigenvalue weighted by molar-refractivity contribution is -0.142. The molecule has 35 heavy (non-hydrogen) atoms. The van der Waals surface area contributed by atoms with Crippen molar-refractivity contribution in [2.75, 3.05) is 50.8 Å². The van der Waals surface area contributed by atoms with Gasteiger partial charge in [0.15, 0.2) is 0 Å². The maximum absolute atomic E-state index is 13.5. The first kappa shape index (κ1) is 25.3. The molecule has 2 amide bonds. The van der Waals surface area contributed by atoms with E-state index in [1.165, 1.54) is 19.1 Å². The molecule has 3 saturated heterocycles. The van der Waals surface area contributed by atoms with Crippen molar-refractivity contribution < 1.29 is 27.9 Å². The van der Waals surface area contributed by atoms with Crippen LogP contribution in [0.3, 0.4) is 0 Å². The van der Waals surface area contributed by atoms with E-state index in [2.05, 4.69) is 0 Å². The van der Waals surface area contributed by atoms with Gasteiger partial charge in [-0.2, -0.15) is 18.4 Å². The van der Waals surface area contributed by atoms with Crippen LogP contribution in [0.2, 0.25) is 0 Å². The summed E-state index contributed by atoms with van der Waals surface area (Å²) < 4.78 is 40.4. The minimum Gasteiger partial charge on any atom is -0.396 e. The lowest BCUT2D eigenvalue weighted by atomic mass is 9.71. The number of carbonyl (C=O) groups is 2. The van der Waals surface area contributed by atoms with Gasteiger partial charge in [-0.1, -0.05) is 0 Å². The second-order valence-electron chi connectivity index (χ2n) is 10.1. The summed E-state index contributed by atoms with van der Waals surface area (Å²) in [6.07, 6.45) is -1.95. The Morgan fingerprint density at radius 1 is 1.14 bits per heavy atom. The number of aliphatic hydroxyl groups excluding tert-OH is 1. The maximum Gasteiger partial charge on any atom is 0.417 e. The van der Waals surface area contributed by atoms with E-state index >= 15 is 0 Å². The van der Waals surface area contributed by atoms with E-state index in [0.717, 1.165) is 6.07 Å². The number of likely N-dealkylation sites (tertiary alicyclic amines) is 2. The average molecular weight is 493 g/mol. The summed E-state index contributed by atoms with van der Waals surface area (Å²) in [5, 5.41) is 19.2. The number of alkyl halides is 3. The first-order valence-corrected chi connectivity index (χ1v) is 12.1. The topological polar surface area (TPSA) is 87.9 Å². The molecule has 1 spiro atoms. The van der Waals surface area contributed by atoms with Gasteiger partial charge in [0.05, 0.1) is 17.2 Å². The third kappa shape index (κ3) is 4.96. The van der Waals surface area contributed by atoms with Crippen molar-refractivity contribution in [2.45, 2.75) is 38.8 Å². The zero-order valence-corrected chi connectivity index (χ0v) is 19.9. The zero-order valence-electron chi connectivity index (χ0n) is 19.9. The highest BCUT2D eigenvalue weighted by Gasteiger charge is 2.49. The molecule has 3 heterocycles. The third-order valence-electron chi connectivity index (χ3n) is 8.19. The van der Waals surface area contributed by atoms with Crippen LogP contribution in [0.25, 0.3) is 0 Å². The summed E-state index contributed by atoms with van der Waals surface area (Å²) in [6, 6.07) is 5.38. The van der Waals surface area contributed by atoms with Gasteiger partial charge in [0.2, 0.25) is 11.8 Å². The highest BCUT2D eigenvalue weighted by atomic mass is 19.4. The van der Waals surface area contributed by atoms with Gasteiger partial charge in [-0.05, 0) is 49.3 Å². The molecule has 4 rings (SSSR count). The molecule has 190 valence electrons. The molecular weight excluding hydrogens is 461 g/mol. The van der Waals surface area contributed by atoms with Crippen molar-refractivity contribution >= 4 is 17.5 Å². The van der Waals surface area contributed by atoms with Crippen molar-refractivity contribution in [2.24, 2.45) is 17.3 Å². The predicted octanol–water partition coefficient (Wildman–Crippen LogP) is 2.87. The molecule has 0 radical (unpaired) electrons. The van der Waals surface area contributed by atoms with E-state index in [9.17, 15) is 27.9 Å². The van der Waals surface area contributed by atoms with Gasteiger partial charge in [0.25, 0.3) is 0 Å². The van der Waals surface area contributed by atoms with Crippen LogP contribution in [0.4, 0.5) is 18.9 Å². The summed E-state index contributed by atoms with van der Waals surface area (Å²) in [6.45, 7) is 4.68. The normalized spacial score (nSPS) is 23.0. The number of carbonyl (C=O) groups excluding carboxylic acids is 2. The summed E-state index contributed by atoms with van der Waals surface area (Å²) in [7, 11) is 0. The predicted molar refractivity (Wildman–Crippen MR) is 122 cm³/mol. The third-order valence-corrected chi connectivity index (χ3v) is 8.19. The molecule has 3 aliphatic heterocycles. The van der Waals surface area contributed by atoms with Gasteiger partial charge in [-0.3, -0.25) is 9.59 Å². The molecule has 7 nitrogen and oxygen atoms in total. The molecule has 1 N–H and O–H groups in total. The number of rotatable bonds is 3. The fourth-order valence-corrected chi connectivity index (χ4v) is 5.98. The number of anilines is 1. The van der Waals surface area contributed by atoms with Crippen LogP contribution in [-0.4, -0.2) is 72.6 Å². The van der Waals surface area contributed by atoms with Crippen LogP contribution in [-0.2, 0) is 15.8 Å². The van der Waals surface area contributed by atoms with Gasteiger partial charge in [0, 0.05) is 70.3 Å². The second-order valence-corrected chi connectivity index (χ2v) is 10.1. The molecule has 0 bridgehead atoms.